The fourth-order valence-corrected chi connectivity index (χ4v) is 10.3. The van der Waals surface area contributed by atoms with Crippen molar-refractivity contribution >= 4 is 41.1 Å². The summed E-state index contributed by atoms with van der Waals surface area (Å²) in [5, 5.41) is 60.2. The summed E-state index contributed by atoms with van der Waals surface area (Å²) in [6.07, 6.45) is 14.3. The van der Waals surface area contributed by atoms with Gasteiger partial charge in [-0.3, -0.25) is 48.7 Å². The fraction of sp³-hybridized carbons (Fsp3) is 0.575. The molecule has 0 unspecified atom stereocenters. The zero-order valence-electron chi connectivity index (χ0n) is 72.8. The van der Waals surface area contributed by atoms with Crippen LogP contribution >= 0.6 is 0 Å². The van der Waals surface area contributed by atoms with Crippen LogP contribution in [0.5, 0.6) is 28.7 Å². The Morgan fingerprint density at radius 1 is 0.564 bits per heavy atom. The lowest BCUT2D eigenvalue weighted by molar-refractivity contribution is -0.699. The third-order valence-corrected chi connectivity index (χ3v) is 16.6. The van der Waals surface area contributed by atoms with Crippen LogP contribution in [0.1, 0.15) is 182 Å². The first-order valence-electron chi connectivity index (χ1n) is 40.4. The van der Waals surface area contributed by atoms with Gasteiger partial charge in [-0.1, -0.05) is 74.4 Å². The molecule has 1 aliphatic rings. The van der Waals surface area contributed by atoms with E-state index in [9.17, 15) is 54.3 Å². The van der Waals surface area contributed by atoms with Crippen molar-refractivity contribution in [3.8, 4) is 28.7 Å². The van der Waals surface area contributed by atoms with Gasteiger partial charge in [-0.15, -0.1) is 0 Å². The average Bonchev–Trinajstić information content (AvgIpc) is 0.862. The highest BCUT2D eigenvalue weighted by Gasteiger charge is 2.23. The van der Waals surface area contributed by atoms with Gasteiger partial charge >= 0.3 is 0 Å². The molecule has 6 heterocycles. The smallest absolute Gasteiger partial charge is 0.250 e. The number of aliphatic hydroxyl groups is 1. The summed E-state index contributed by atoms with van der Waals surface area (Å²) in [4.78, 5) is 93.9. The third kappa shape index (κ3) is 50.6. The highest BCUT2D eigenvalue weighted by atomic mass is 16.5. The van der Waals surface area contributed by atoms with Crippen LogP contribution in [-0.2, 0) is 90.0 Å². The Bertz CT molecular complexity index is 3710. The van der Waals surface area contributed by atoms with Gasteiger partial charge in [0.05, 0.1) is 86.1 Å². The van der Waals surface area contributed by atoms with E-state index in [4.69, 9.17) is 33.2 Å². The second kappa shape index (κ2) is 59.2. The summed E-state index contributed by atoms with van der Waals surface area (Å²) in [6.45, 7) is 38.2. The summed E-state index contributed by atoms with van der Waals surface area (Å²) in [5.74, 6) is -0.241. The van der Waals surface area contributed by atoms with Crippen LogP contribution < -0.4 is 35.5 Å². The number of hydrogen-bond donors (Lipinski definition) is 6. The van der Waals surface area contributed by atoms with E-state index in [0.717, 1.165) is 55.0 Å². The molecule has 117 heavy (non-hydrogen) atoms. The highest BCUT2D eigenvalue weighted by molar-refractivity contribution is 5.91. The van der Waals surface area contributed by atoms with Crippen molar-refractivity contribution in [2.75, 3.05) is 91.8 Å². The number of likely N-dealkylation sites (tertiary alicyclic amines) is 1. The van der Waals surface area contributed by atoms with E-state index >= 15 is 0 Å². The van der Waals surface area contributed by atoms with Gasteiger partial charge in [-0.2, -0.15) is 0 Å². The maximum absolute atomic E-state index is 12.2. The van der Waals surface area contributed by atoms with E-state index in [-0.39, 0.29) is 161 Å². The van der Waals surface area contributed by atoms with Crippen LogP contribution in [0, 0.1) is 20.8 Å². The van der Waals surface area contributed by atoms with Gasteiger partial charge in [0.15, 0.2) is 12.4 Å². The lowest BCUT2D eigenvalue weighted by Crippen LogP contribution is -2.45. The van der Waals surface area contributed by atoms with Gasteiger partial charge in [-0.05, 0) is 178 Å². The van der Waals surface area contributed by atoms with Crippen LogP contribution in [0.4, 0.5) is 5.69 Å². The van der Waals surface area contributed by atoms with E-state index in [2.05, 4.69) is 47.7 Å². The Balaban J connectivity index is 0.000000477. The number of aryl methyl sites for hydroxylation is 4. The molecule has 1 aliphatic heterocycles. The zero-order chi connectivity index (χ0) is 87.4. The Hall–Kier alpha value is -9.53. The van der Waals surface area contributed by atoms with Crippen LogP contribution in [0.3, 0.4) is 0 Å². The SMILES string of the molecule is CC(C)OCC(=O)NCCC[n+]1cccc([O-])c1.CC(C)OCC(=O)Nc1cncc(OCc2ccccc2)c1.CCCCCCN1CCC(NC(=O)COC(C)C)CC1.Cc1ccc(O)c(CN(C)C(=O)COC(C)C)n1.Cc1ccc(O)c(CN(C[C@H](C)O)C(=O)COC(C)C)n1.Cc1ccc([O-])c(CN(C)C(=O)COC(C)C)n1. The number of rotatable bonds is 40. The Labute approximate surface area is 694 Å². The van der Waals surface area contributed by atoms with Crippen molar-refractivity contribution in [2.24, 2.45) is 0 Å². The quantitative estimate of drug-likeness (QED) is 0.0154. The largest absolute Gasteiger partial charge is 0.871 e. The minimum atomic E-state index is -0.667. The molecule has 6 amide bonds. The standard InChI is InChI=1S/C17H20N2O3.C16H32N2O2.C15H24N2O4.3C13H20N2O3/c1-13(2)21-12-17(20)19-15-8-16(10-18-9-15)22-11-14-6-4-3-5-7-14;1-4-5-6-7-10-18-11-8-15(9-12-18)17-16(19)13-20-14(2)3;1-10(2)21-9-15(20)17(7-12(4)18)8-13-14(19)6-5-11(3)16-13;2*1-9(2)18-8-13(17)15(4)7-11-12(16)6-5-10(3)14-11;1-11(2)18-10-13(17)14-6-4-8-15-7-3-5-12(16)9-15/h3-10,13H,11-12H2,1-2H3,(H,19,20);14-15H,4-13H2,1-3H3,(H,17,19);5-6,10,12,18-19H,7-9H2,1-4H3;2*5-6,9,16H,7-8H2,1-4H3;3,5,7,9,11H,4,6,8,10H2,1-2H3,(H-,14,16,17)/p-1/t;;12-;;;/m..0.../s1. The molecule has 5 aromatic heterocycles. The molecule has 0 radical (unpaired) electrons. The Morgan fingerprint density at radius 2 is 1.05 bits per heavy atom. The molecule has 7 rings (SSSR count). The van der Waals surface area contributed by atoms with Crippen LogP contribution in [0.2, 0.25) is 0 Å². The number of likely N-dealkylation sites (N-methyl/N-ethyl adjacent to an activating group) is 2. The molecule has 1 aromatic carbocycles. The lowest BCUT2D eigenvalue weighted by Gasteiger charge is -2.32. The summed E-state index contributed by atoms with van der Waals surface area (Å²) < 4.78 is 39.0. The number of piperidine rings is 1. The summed E-state index contributed by atoms with van der Waals surface area (Å²) >= 11 is 0. The number of nitrogens with zero attached hydrogens (tertiary/aromatic N) is 9. The Kier molecular flexibility index (Phi) is 52.4. The summed E-state index contributed by atoms with van der Waals surface area (Å²) in [7, 11) is 3.30. The number of ether oxygens (including phenoxy) is 7. The second-order valence-electron chi connectivity index (χ2n) is 30.0. The van der Waals surface area contributed by atoms with Gasteiger partial charge in [0.2, 0.25) is 35.4 Å². The number of hydrogen-bond acceptors (Lipinski definition) is 23. The number of aliphatic hydroxyl groups excluding tert-OH is 1. The first-order chi connectivity index (χ1) is 55.4. The summed E-state index contributed by atoms with van der Waals surface area (Å²) in [6, 6.07) is 24.9. The molecule has 30 heteroatoms. The first kappa shape index (κ1) is 104. The van der Waals surface area contributed by atoms with E-state index in [1.807, 2.05) is 145 Å². The van der Waals surface area contributed by atoms with E-state index in [1.165, 1.54) is 59.1 Å². The van der Waals surface area contributed by atoms with Gasteiger partial charge in [0.1, 0.15) is 81.4 Å². The van der Waals surface area contributed by atoms with Crippen LogP contribution in [-0.4, -0.2) is 226 Å². The Morgan fingerprint density at radius 3 is 1.57 bits per heavy atom. The average molecular weight is 1640 g/mol. The van der Waals surface area contributed by atoms with Gasteiger partial charge in [0.25, 0.3) is 0 Å². The number of unbranched alkanes of at least 4 members (excludes halogenated alkanes) is 3. The number of anilines is 1. The predicted octanol–water partition coefficient (Wildman–Crippen LogP) is 9.13. The number of aromatic nitrogens is 5. The minimum Gasteiger partial charge on any atom is -0.871 e. The molecule has 0 bridgehead atoms. The van der Waals surface area contributed by atoms with E-state index in [0.29, 0.717) is 54.3 Å². The van der Waals surface area contributed by atoms with Crippen molar-refractivity contribution < 1.29 is 92.0 Å². The minimum absolute atomic E-state index is 0.00753. The molecule has 652 valence electrons. The molecule has 6 aromatic rings. The maximum atomic E-state index is 12.2. The molecular formula is C87H135N12O18-. The van der Waals surface area contributed by atoms with Gasteiger partial charge in [-0.25, -0.2) is 4.57 Å². The molecule has 0 spiro atoms. The van der Waals surface area contributed by atoms with Gasteiger partial charge in [0, 0.05) is 82.0 Å². The number of carbonyl (C=O) groups is 6. The third-order valence-electron chi connectivity index (χ3n) is 16.6. The van der Waals surface area contributed by atoms with Crippen molar-refractivity contribution in [1.82, 2.24) is 50.2 Å². The second-order valence-corrected chi connectivity index (χ2v) is 30.0. The van der Waals surface area contributed by atoms with Crippen molar-refractivity contribution in [1.29, 1.82) is 0 Å². The van der Waals surface area contributed by atoms with Crippen molar-refractivity contribution in [3.05, 3.63) is 149 Å². The zero-order valence-corrected chi connectivity index (χ0v) is 72.8. The molecule has 1 fully saturated rings. The number of benzene rings is 1. The van der Waals surface area contributed by atoms with Gasteiger partial charge < -0.3 is 94.2 Å². The van der Waals surface area contributed by atoms with Crippen molar-refractivity contribution in [2.45, 2.75) is 244 Å². The monoisotopic (exact) mass is 1640 g/mol. The normalized spacial score (nSPS) is 12.2. The maximum Gasteiger partial charge on any atom is 0.250 e. The predicted molar refractivity (Wildman–Crippen MR) is 445 cm³/mol. The number of nitrogens with one attached hydrogen (secondary N) is 3. The van der Waals surface area contributed by atoms with Crippen molar-refractivity contribution in [3.63, 3.8) is 0 Å². The van der Waals surface area contributed by atoms with E-state index in [1.54, 1.807) is 82.1 Å². The molecule has 30 nitrogen and oxygen atoms in total. The van der Waals surface area contributed by atoms with Crippen LogP contribution in [0.15, 0.2) is 110 Å². The number of carbonyl (C=O) groups excluding carboxylic acids is 6. The molecule has 0 aliphatic carbocycles. The lowest BCUT2D eigenvalue weighted by atomic mass is 10.0. The molecule has 0 saturated carbocycles. The summed E-state index contributed by atoms with van der Waals surface area (Å²) in [5.41, 5.74) is 5.28. The topological polar surface area (TPSA) is 378 Å². The number of aromatic hydroxyl groups is 2. The molecular weight excluding hydrogens is 1500 g/mol. The molecule has 1 atom stereocenters. The molecule has 1 saturated heterocycles. The fourth-order valence-electron chi connectivity index (χ4n) is 10.3. The highest BCUT2D eigenvalue weighted by Crippen LogP contribution is 2.21. The van der Waals surface area contributed by atoms with Crippen LogP contribution in [0.25, 0.3) is 0 Å². The number of amides is 6. The first-order valence-corrected chi connectivity index (χ1v) is 40.4. The molecule has 6 N–H and O–H groups in total. The van der Waals surface area contributed by atoms with E-state index < -0.39 is 6.10 Å². The number of pyridine rings is 5.